The van der Waals surface area contributed by atoms with Gasteiger partial charge in [-0.1, -0.05) is 39.3 Å². The minimum atomic E-state index is -2.87. The van der Waals surface area contributed by atoms with Gasteiger partial charge < -0.3 is 5.32 Å². The standard InChI is InChI=1S/C19H30N2O2S/c1-11-7-18(2,3)10-21(9-11)24(22,23)13-8-19(4)16-15-12(14(13)15)5-6-20-17(16)19/h8,11,15-17,20,22-23H,5-7,9-10H2,1-4H3/t11?,15-,16?,17?,19+/m1/s1. The lowest BCUT2D eigenvalue weighted by Gasteiger charge is -2.52. The number of allylic oxidation sites excluding steroid dienone is 1. The van der Waals surface area contributed by atoms with Gasteiger partial charge in [-0.2, -0.15) is 0 Å². The largest absolute Gasteiger partial charge is 0.312 e. The van der Waals surface area contributed by atoms with E-state index in [9.17, 15) is 9.11 Å². The maximum absolute atomic E-state index is 11.3. The Balaban J connectivity index is 1.52. The molecule has 1 saturated carbocycles. The van der Waals surface area contributed by atoms with Crippen LogP contribution < -0.4 is 5.32 Å². The first-order valence-electron chi connectivity index (χ1n) is 9.38. The predicted octanol–water partition coefficient (Wildman–Crippen LogP) is 3.84. The third kappa shape index (κ3) is 1.96. The maximum atomic E-state index is 11.3. The fourth-order valence-electron chi connectivity index (χ4n) is 6.18. The molecule has 2 saturated heterocycles. The van der Waals surface area contributed by atoms with Gasteiger partial charge in [-0.3, -0.25) is 9.11 Å². The Kier molecular flexibility index (Phi) is 2.98. The number of nitrogens with zero attached hydrogens (tertiary/aromatic N) is 1. The molecule has 3 fully saturated rings. The molecule has 5 heteroatoms. The molecule has 134 valence electrons. The number of hydrogen-bond donors (Lipinski definition) is 3. The van der Waals surface area contributed by atoms with Crippen molar-refractivity contribution in [3.63, 3.8) is 0 Å². The van der Waals surface area contributed by atoms with Gasteiger partial charge in [0.25, 0.3) is 0 Å². The van der Waals surface area contributed by atoms with Gasteiger partial charge in [0.2, 0.25) is 0 Å². The van der Waals surface area contributed by atoms with Crippen molar-refractivity contribution in [2.75, 3.05) is 19.6 Å². The molecule has 0 aromatic rings. The van der Waals surface area contributed by atoms with Crippen molar-refractivity contribution < 1.29 is 9.11 Å². The van der Waals surface area contributed by atoms with Gasteiger partial charge in [-0.15, -0.1) is 10.8 Å². The zero-order valence-electron chi connectivity index (χ0n) is 15.2. The number of fused-ring (bicyclic) bond motifs is 1. The van der Waals surface area contributed by atoms with Crippen LogP contribution in [0.15, 0.2) is 22.1 Å². The molecule has 3 aliphatic carbocycles. The highest BCUT2D eigenvalue weighted by Crippen LogP contribution is 2.77. The molecule has 0 radical (unpaired) electrons. The van der Waals surface area contributed by atoms with Crippen LogP contribution >= 0.6 is 10.8 Å². The molecule has 5 aliphatic rings. The van der Waals surface area contributed by atoms with Gasteiger partial charge in [0.05, 0.1) is 4.91 Å². The van der Waals surface area contributed by atoms with Gasteiger partial charge in [0, 0.05) is 30.5 Å². The van der Waals surface area contributed by atoms with E-state index in [0.29, 0.717) is 23.8 Å². The minimum absolute atomic E-state index is 0.117. The molecular formula is C19H30N2O2S. The van der Waals surface area contributed by atoms with Crippen LogP contribution in [-0.4, -0.2) is 39.1 Å². The maximum Gasteiger partial charge on any atom is 0.0757 e. The Morgan fingerprint density at radius 2 is 2.04 bits per heavy atom. The molecule has 2 heterocycles. The SMILES string of the molecule is CC1CN(S(O)(O)C2=C[C@]3(C)C4NCCC5=C2[C@@H]5C43)CC(C)(C)C1. The van der Waals surface area contributed by atoms with E-state index >= 15 is 0 Å². The lowest BCUT2D eigenvalue weighted by Crippen LogP contribution is -2.45. The van der Waals surface area contributed by atoms with E-state index in [1.54, 1.807) is 0 Å². The Bertz CT molecular complexity index is 683. The van der Waals surface area contributed by atoms with Crippen molar-refractivity contribution in [1.82, 2.24) is 9.62 Å². The summed E-state index contributed by atoms with van der Waals surface area (Å²) >= 11 is 0. The van der Waals surface area contributed by atoms with Crippen molar-refractivity contribution in [2.24, 2.45) is 28.6 Å². The van der Waals surface area contributed by atoms with E-state index in [1.165, 1.54) is 11.1 Å². The summed E-state index contributed by atoms with van der Waals surface area (Å²) in [7, 11) is -2.87. The van der Waals surface area contributed by atoms with Crippen LogP contribution in [-0.2, 0) is 0 Å². The van der Waals surface area contributed by atoms with Crippen molar-refractivity contribution in [3.05, 3.63) is 22.1 Å². The van der Waals surface area contributed by atoms with E-state index in [4.69, 9.17) is 0 Å². The van der Waals surface area contributed by atoms with Crippen LogP contribution in [0.5, 0.6) is 0 Å². The molecule has 3 unspecified atom stereocenters. The molecule has 2 aliphatic heterocycles. The van der Waals surface area contributed by atoms with Gasteiger partial charge in [-0.05, 0) is 42.2 Å². The number of rotatable bonds is 2. The fourth-order valence-corrected chi connectivity index (χ4v) is 8.42. The predicted molar refractivity (Wildman–Crippen MR) is 98.6 cm³/mol. The second kappa shape index (κ2) is 4.49. The van der Waals surface area contributed by atoms with Crippen molar-refractivity contribution >= 4 is 10.8 Å². The zero-order chi connectivity index (χ0) is 17.1. The number of piperidine rings is 1. The summed E-state index contributed by atoms with van der Waals surface area (Å²) in [6, 6.07) is 0.530. The Labute approximate surface area is 146 Å². The zero-order valence-corrected chi connectivity index (χ0v) is 16.0. The third-order valence-electron chi connectivity index (χ3n) is 7.09. The smallest absolute Gasteiger partial charge is 0.0757 e. The fraction of sp³-hybridized carbons (Fsp3) is 0.789. The molecule has 5 rings (SSSR count). The van der Waals surface area contributed by atoms with Crippen LogP contribution in [0.2, 0.25) is 0 Å². The Morgan fingerprint density at radius 3 is 2.75 bits per heavy atom. The molecule has 4 nitrogen and oxygen atoms in total. The third-order valence-corrected chi connectivity index (χ3v) is 9.01. The van der Waals surface area contributed by atoms with Gasteiger partial charge in [-0.25, -0.2) is 4.31 Å². The van der Waals surface area contributed by atoms with E-state index in [-0.39, 0.29) is 10.8 Å². The quantitative estimate of drug-likeness (QED) is 0.708. The van der Waals surface area contributed by atoms with Crippen molar-refractivity contribution in [1.29, 1.82) is 0 Å². The van der Waals surface area contributed by atoms with E-state index in [2.05, 4.69) is 39.1 Å². The lowest BCUT2D eigenvalue weighted by atomic mass is 9.80. The molecule has 5 atom stereocenters. The molecule has 24 heavy (non-hydrogen) atoms. The average Bonchev–Trinajstić information content (AvgIpc) is 3.29. The topological polar surface area (TPSA) is 55.7 Å². The van der Waals surface area contributed by atoms with Gasteiger partial charge in [0.15, 0.2) is 0 Å². The summed E-state index contributed by atoms with van der Waals surface area (Å²) in [6.45, 7) is 11.6. The highest BCUT2D eigenvalue weighted by atomic mass is 32.3. The van der Waals surface area contributed by atoms with Crippen molar-refractivity contribution in [2.45, 2.75) is 46.6 Å². The second-order valence-electron chi connectivity index (χ2n) is 9.81. The van der Waals surface area contributed by atoms with E-state index < -0.39 is 10.8 Å². The normalized spacial score (nSPS) is 46.8. The highest BCUT2D eigenvalue weighted by molar-refractivity contribution is 8.25. The average molecular weight is 351 g/mol. The first-order valence-corrected chi connectivity index (χ1v) is 10.9. The Morgan fingerprint density at radius 1 is 1.29 bits per heavy atom. The molecule has 3 N–H and O–H groups in total. The van der Waals surface area contributed by atoms with Crippen LogP contribution in [0, 0.1) is 28.6 Å². The summed E-state index contributed by atoms with van der Waals surface area (Å²) < 4.78 is 24.6. The first kappa shape index (κ1) is 15.9. The summed E-state index contributed by atoms with van der Waals surface area (Å²) in [5.41, 5.74) is 3.08. The highest BCUT2D eigenvalue weighted by Gasteiger charge is 2.72. The lowest BCUT2D eigenvalue weighted by molar-refractivity contribution is 0.132. The van der Waals surface area contributed by atoms with Crippen LogP contribution in [0.25, 0.3) is 0 Å². The molecule has 0 aromatic heterocycles. The van der Waals surface area contributed by atoms with Crippen LogP contribution in [0.4, 0.5) is 0 Å². The summed E-state index contributed by atoms with van der Waals surface area (Å²) in [6.07, 6.45) is 4.47. The van der Waals surface area contributed by atoms with Gasteiger partial charge >= 0.3 is 0 Å². The molecule has 0 aromatic carbocycles. The molecule has 0 bridgehead atoms. The molecule has 0 spiro atoms. The molecular weight excluding hydrogens is 320 g/mol. The van der Waals surface area contributed by atoms with Crippen LogP contribution in [0.1, 0.15) is 40.5 Å². The number of hydrogen-bond acceptors (Lipinski definition) is 4. The minimum Gasteiger partial charge on any atom is -0.312 e. The van der Waals surface area contributed by atoms with E-state index in [0.717, 1.165) is 37.4 Å². The van der Waals surface area contributed by atoms with Gasteiger partial charge in [0.1, 0.15) is 0 Å². The summed E-state index contributed by atoms with van der Waals surface area (Å²) in [5.74, 6) is 1.71. The number of nitrogens with one attached hydrogen (secondary N) is 1. The van der Waals surface area contributed by atoms with E-state index in [1.807, 2.05) is 4.31 Å². The monoisotopic (exact) mass is 350 g/mol. The summed E-state index contributed by atoms with van der Waals surface area (Å²) in [5, 5.41) is 3.67. The van der Waals surface area contributed by atoms with Crippen LogP contribution in [0.3, 0.4) is 0 Å². The Hall–Kier alpha value is -0.330. The summed E-state index contributed by atoms with van der Waals surface area (Å²) in [4.78, 5) is 0.886. The molecule has 0 amide bonds. The first-order chi connectivity index (χ1) is 11.2. The van der Waals surface area contributed by atoms with Crippen molar-refractivity contribution in [3.8, 4) is 0 Å². The second-order valence-corrected chi connectivity index (χ2v) is 11.8.